The van der Waals surface area contributed by atoms with E-state index in [4.69, 9.17) is 4.74 Å². The Kier molecular flexibility index (Phi) is 4.93. The molecule has 27 heavy (non-hydrogen) atoms. The second-order valence-corrected chi connectivity index (χ2v) is 6.63. The van der Waals surface area contributed by atoms with Crippen LogP contribution >= 0.6 is 0 Å². The first kappa shape index (κ1) is 17.4. The van der Waals surface area contributed by atoms with Crippen molar-refractivity contribution < 1.29 is 14.3 Å². The molecule has 2 aromatic rings. The lowest BCUT2D eigenvalue weighted by molar-refractivity contribution is -0.122. The predicted octanol–water partition coefficient (Wildman–Crippen LogP) is 2.28. The molecule has 2 aliphatic rings. The molecule has 140 valence electrons. The number of rotatable bonds is 4. The summed E-state index contributed by atoms with van der Waals surface area (Å²) in [5, 5.41) is 8.81. The van der Waals surface area contributed by atoms with Gasteiger partial charge in [-0.05, 0) is 36.4 Å². The second kappa shape index (κ2) is 7.67. The van der Waals surface area contributed by atoms with Gasteiger partial charge in [0.05, 0.1) is 31.0 Å². The van der Waals surface area contributed by atoms with E-state index in [9.17, 15) is 9.59 Å². The molecule has 2 aliphatic heterocycles. The topological polar surface area (TPSA) is 82.7 Å². The van der Waals surface area contributed by atoms with E-state index in [1.807, 2.05) is 48.5 Å². The summed E-state index contributed by atoms with van der Waals surface area (Å²) in [6.07, 6.45) is 0.0609. The van der Waals surface area contributed by atoms with E-state index in [1.165, 1.54) is 0 Å². The van der Waals surface area contributed by atoms with Crippen molar-refractivity contribution in [2.75, 3.05) is 47.2 Å². The van der Waals surface area contributed by atoms with Crippen molar-refractivity contribution in [3.8, 4) is 0 Å². The van der Waals surface area contributed by atoms with Crippen LogP contribution in [0.3, 0.4) is 0 Å². The van der Waals surface area contributed by atoms with Gasteiger partial charge in [-0.3, -0.25) is 9.59 Å². The summed E-state index contributed by atoms with van der Waals surface area (Å²) in [6, 6.07) is 14.6. The Morgan fingerprint density at radius 2 is 1.78 bits per heavy atom. The minimum absolute atomic E-state index is 0.0609. The Bertz CT molecular complexity index is 831. The molecule has 0 aliphatic carbocycles. The number of para-hydroxylation sites is 2. The van der Waals surface area contributed by atoms with Gasteiger partial charge in [0.15, 0.2) is 0 Å². The molecule has 0 radical (unpaired) electrons. The molecular formula is C20H22N4O3. The summed E-state index contributed by atoms with van der Waals surface area (Å²) >= 11 is 0. The van der Waals surface area contributed by atoms with Crippen molar-refractivity contribution in [1.29, 1.82) is 0 Å². The van der Waals surface area contributed by atoms with Crippen molar-refractivity contribution in [3.05, 3.63) is 48.5 Å². The van der Waals surface area contributed by atoms with Gasteiger partial charge >= 0.3 is 0 Å². The molecule has 4 rings (SSSR count). The number of amides is 2. The predicted molar refractivity (Wildman–Crippen MR) is 105 cm³/mol. The fourth-order valence-electron chi connectivity index (χ4n) is 3.31. The summed E-state index contributed by atoms with van der Waals surface area (Å²) < 4.78 is 5.36. The molecule has 0 saturated carbocycles. The number of carbonyl (C=O) groups is 2. The third-order valence-corrected chi connectivity index (χ3v) is 4.75. The zero-order valence-electron chi connectivity index (χ0n) is 14.9. The Morgan fingerprint density at radius 1 is 1.07 bits per heavy atom. The number of anilines is 4. The van der Waals surface area contributed by atoms with Crippen LogP contribution in [-0.4, -0.2) is 44.2 Å². The lowest BCUT2D eigenvalue weighted by Crippen LogP contribution is -2.41. The van der Waals surface area contributed by atoms with Crippen molar-refractivity contribution >= 4 is 34.6 Å². The number of fused-ring (bicyclic) bond motifs is 1. The van der Waals surface area contributed by atoms with Gasteiger partial charge in [0.1, 0.15) is 6.04 Å². The molecule has 3 N–H and O–H groups in total. The van der Waals surface area contributed by atoms with Crippen LogP contribution in [0, 0.1) is 0 Å². The number of carbonyl (C=O) groups excluding carboxylic acids is 2. The maximum absolute atomic E-state index is 12.4. The minimum Gasteiger partial charge on any atom is -0.378 e. The molecule has 2 heterocycles. The average molecular weight is 366 g/mol. The second-order valence-electron chi connectivity index (χ2n) is 6.63. The Balaban J connectivity index is 1.35. The molecule has 2 amide bonds. The lowest BCUT2D eigenvalue weighted by atomic mass is 10.1. The third-order valence-electron chi connectivity index (χ3n) is 4.75. The Labute approximate surface area is 157 Å². The van der Waals surface area contributed by atoms with Gasteiger partial charge in [0.2, 0.25) is 11.8 Å². The summed E-state index contributed by atoms with van der Waals surface area (Å²) in [6.45, 7) is 3.21. The van der Waals surface area contributed by atoms with Crippen LogP contribution in [0.2, 0.25) is 0 Å². The average Bonchev–Trinajstić information content (AvgIpc) is 2.70. The highest BCUT2D eigenvalue weighted by Gasteiger charge is 2.27. The highest BCUT2D eigenvalue weighted by atomic mass is 16.5. The molecule has 0 unspecified atom stereocenters. The van der Waals surface area contributed by atoms with Gasteiger partial charge in [-0.2, -0.15) is 0 Å². The van der Waals surface area contributed by atoms with Gasteiger partial charge < -0.3 is 25.6 Å². The number of benzene rings is 2. The van der Waals surface area contributed by atoms with Gasteiger partial charge in [-0.25, -0.2) is 0 Å². The van der Waals surface area contributed by atoms with Crippen LogP contribution in [0.1, 0.15) is 6.42 Å². The van der Waals surface area contributed by atoms with E-state index >= 15 is 0 Å². The standard InChI is InChI=1S/C20H22N4O3/c25-19(13-18-20(26)23-17-4-2-1-3-16(17)22-18)21-14-5-7-15(8-6-14)24-9-11-27-12-10-24/h1-8,18,22H,9-13H2,(H,21,25)(H,23,26)/t18-/m0/s1. The van der Waals surface area contributed by atoms with Crippen LogP contribution in [0.4, 0.5) is 22.7 Å². The molecular weight excluding hydrogens is 344 g/mol. The maximum atomic E-state index is 12.4. The lowest BCUT2D eigenvalue weighted by Gasteiger charge is -2.29. The van der Waals surface area contributed by atoms with Crippen LogP contribution in [-0.2, 0) is 14.3 Å². The number of nitrogens with zero attached hydrogens (tertiary/aromatic N) is 1. The van der Waals surface area contributed by atoms with Crippen molar-refractivity contribution in [1.82, 2.24) is 0 Å². The molecule has 7 heteroatoms. The highest BCUT2D eigenvalue weighted by molar-refractivity contribution is 6.06. The highest BCUT2D eigenvalue weighted by Crippen LogP contribution is 2.27. The van der Waals surface area contributed by atoms with Crippen LogP contribution in [0.15, 0.2) is 48.5 Å². The largest absolute Gasteiger partial charge is 0.378 e. The molecule has 7 nitrogen and oxygen atoms in total. The van der Waals surface area contributed by atoms with Gasteiger partial charge in [-0.1, -0.05) is 12.1 Å². The van der Waals surface area contributed by atoms with Gasteiger partial charge in [0.25, 0.3) is 0 Å². The van der Waals surface area contributed by atoms with Crippen molar-refractivity contribution in [3.63, 3.8) is 0 Å². The van der Waals surface area contributed by atoms with E-state index in [2.05, 4.69) is 20.9 Å². The van der Waals surface area contributed by atoms with Crippen molar-refractivity contribution in [2.24, 2.45) is 0 Å². The van der Waals surface area contributed by atoms with Crippen LogP contribution in [0.5, 0.6) is 0 Å². The fourth-order valence-corrected chi connectivity index (χ4v) is 3.31. The van der Waals surface area contributed by atoms with E-state index in [-0.39, 0.29) is 18.2 Å². The first-order valence-electron chi connectivity index (χ1n) is 9.08. The quantitative estimate of drug-likeness (QED) is 0.773. The number of hydrogen-bond donors (Lipinski definition) is 3. The number of morpholine rings is 1. The monoisotopic (exact) mass is 366 g/mol. The third kappa shape index (κ3) is 4.03. The van der Waals surface area contributed by atoms with E-state index in [1.54, 1.807) is 0 Å². The number of hydrogen-bond acceptors (Lipinski definition) is 5. The normalized spacial score (nSPS) is 18.9. The van der Waals surface area contributed by atoms with Gasteiger partial charge in [0, 0.05) is 24.5 Å². The maximum Gasteiger partial charge on any atom is 0.247 e. The molecule has 1 atom stereocenters. The zero-order chi connectivity index (χ0) is 18.6. The Morgan fingerprint density at radius 3 is 2.52 bits per heavy atom. The molecule has 0 bridgehead atoms. The molecule has 1 saturated heterocycles. The summed E-state index contributed by atoms with van der Waals surface area (Å²) in [5.41, 5.74) is 3.39. The first-order valence-corrected chi connectivity index (χ1v) is 9.08. The van der Waals surface area contributed by atoms with Crippen LogP contribution < -0.4 is 20.9 Å². The minimum atomic E-state index is -0.590. The van der Waals surface area contributed by atoms with Gasteiger partial charge in [-0.15, -0.1) is 0 Å². The molecule has 0 spiro atoms. The Hall–Kier alpha value is -3.06. The van der Waals surface area contributed by atoms with E-state index in [0.29, 0.717) is 5.69 Å². The SMILES string of the molecule is O=C(C[C@@H]1Nc2ccccc2NC1=O)Nc1ccc(N2CCOCC2)cc1. The number of ether oxygens (including phenoxy) is 1. The summed E-state index contributed by atoms with van der Waals surface area (Å²) in [7, 11) is 0. The number of nitrogens with one attached hydrogen (secondary N) is 3. The first-order chi connectivity index (χ1) is 13.2. The fraction of sp³-hybridized carbons (Fsp3) is 0.300. The van der Waals surface area contributed by atoms with Crippen molar-refractivity contribution in [2.45, 2.75) is 12.5 Å². The summed E-state index contributed by atoms with van der Waals surface area (Å²) in [4.78, 5) is 26.8. The molecule has 1 fully saturated rings. The van der Waals surface area contributed by atoms with Crippen LogP contribution in [0.25, 0.3) is 0 Å². The summed E-state index contributed by atoms with van der Waals surface area (Å²) in [5.74, 6) is -0.410. The molecule has 0 aromatic heterocycles. The molecule has 2 aromatic carbocycles. The van der Waals surface area contributed by atoms with E-state index < -0.39 is 6.04 Å². The van der Waals surface area contributed by atoms with E-state index in [0.717, 1.165) is 43.4 Å². The zero-order valence-corrected chi connectivity index (χ0v) is 14.9. The smallest absolute Gasteiger partial charge is 0.247 e.